The minimum Gasteiger partial charge on any atom is -0.347 e. The van der Waals surface area contributed by atoms with Gasteiger partial charge in [-0.15, -0.1) is 0 Å². The monoisotopic (exact) mass is 397 g/mol. The van der Waals surface area contributed by atoms with Crippen LogP contribution < -0.4 is 10.2 Å². The van der Waals surface area contributed by atoms with E-state index in [9.17, 15) is 10.1 Å². The highest BCUT2D eigenvalue weighted by Gasteiger charge is 2.15. The van der Waals surface area contributed by atoms with Crippen LogP contribution in [0, 0.1) is 11.3 Å². The van der Waals surface area contributed by atoms with Gasteiger partial charge >= 0.3 is 0 Å². The molecule has 0 saturated heterocycles. The second-order valence-corrected chi connectivity index (χ2v) is 7.22. The van der Waals surface area contributed by atoms with Crippen LogP contribution in [0.2, 0.25) is 0 Å². The summed E-state index contributed by atoms with van der Waals surface area (Å²) in [5.74, 6) is -0.411. The van der Waals surface area contributed by atoms with Crippen LogP contribution in [0.4, 0.5) is 11.4 Å². The Bertz CT molecular complexity index is 996. The van der Waals surface area contributed by atoms with Gasteiger partial charge in [0.25, 0.3) is 5.91 Å². The molecule has 0 atom stereocenters. The van der Waals surface area contributed by atoms with Crippen LogP contribution in [0.1, 0.15) is 38.2 Å². The highest BCUT2D eigenvalue weighted by Crippen LogP contribution is 2.33. The lowest BCUT2D eigenvalue weighted by Gasteiger charge is -2.27. The van der Waals surface area contributed by atoms with Gasteiger partial charge in [-0.05, 0) is 42.3 Å². The maximum Gasteiger partial charge on any atom is 0.266 e. The summed E-state index contributed by atoms with van der Waals surface area (Å²) >= 11 is 0. The van der Waals surface area contributed by atoms with E-state index in [-0.39, 0.29) is 5.57 Å². The number of amides is 1. The molecule has 1 heterocycles. The van der Waals surface area contributed by atoms with Crippen molar-refractivity contribution in [1.82, 2.24) is 0 Å². The second kappa shape index (κ2) is 10.8. The molecule has 0 aliphatic carbocycles. The Balaban J connectivity index is 1.77. The highest BCUT2D eigenvalue weighted by molar-refractivity contribution is 6.07. The third-order valence-electron chi connectivity index (χ3n) is 5.04. The number of unbranched alkanes of at least 4 members (excludes halogenated alkanes) is 3. The van der Waals surface area contributed by atoms with Gasteiger partial charge in [-0.3, -0.25) is 4.79 Å². The number of benzene rings is 2. The standard InChI is InChI=1S/C26H27N3O/c1-2-3-4-10-18-29-19-17-21(24-13-8-9-14-25(24)29)15-16-22(20-27)26(30)28-23-11-6-5-7-12-23/h5-9,11-17,19H,2-4,10,18H2,1H3,(H,28,30). The maximum atomic E-state index is 12.4. The molecule has 152 valence electrons. The second-order valence-electron chi connectivity index (χ2n) is 7.22. The molecule has 1 aliphatic rings. The topological polar surface area (TPSA) is 56.1 Å². The summed E-state index contributed by atoms with van der Waals surface area (Å²) in [6.07, 6.45) is 12.4. The average Bonchev–Trinajstić information content (AvgIpc) is 2.78. The van der Waals surface area contributed by atoms with Crippen molar-refractivity contribution >= 4 is 22.9 Å². The molecule has 3 rings (SSSR count). The first-order valence-corrected chi connectivity index (χ1v) is 10.5. The van der Waals surface area contributed by atoms with Gasteiger partial charge in [-0.1, -0.05) is 68.7 Å². The van der Waals surface area contributed by atoms with Gasteiger partial charge in [0, 0.05) is 29.7 Å². The van der Waals surface area contributed by atoms with Crippen LogP contribution >= 0.6 is 0 Å². The zero-order valence-corrected chi connectivity index (χ0v) is 17.3. The molecule has 1 N–H and O–H groups in total. The average molecular weight is 398 g/mol. The van der Waals surface area contributed by atoms with Crippen molar-refractivity contribution in [2.75, 3.05) is 16.8 Å². The molecule has 4 heteroatoms. The minimum atomic E-state index is -0.411. The summed E-state index contributed by atoms with van der Waals surface area (Å²) in [6, 6.07) is 19.4. The number of carbonyl (C=O) groups excluding carboxylic acids is 1. The van der Waals surface area contributed by atoms with E-state index in [1.54, 1.807) is 18.2 Å². The summed E-state index contributed by atoms with van der Waals surface area (Å²) in [7, 11) is 0. The predicted molar refractivity (Wildman–Crippen MR) is 124 cm³/mol. The molecule has 1 amide bonds. The van der Waals surface area contributed by atoms with Crippen LogP contribution in [0.5, 0.6) is 0 Å². The molecule has 0 fully saturated rings. The SMILES string of the molecule is CCCCCCN1C=CC(=CC=C(C#N)C(=O)Nc2ccccc2)c2ccccc21. The van der Waals surface area contributed by atoms with Gasteiger partial charge in [0.1, 0.15) is 11.6 Å². The van der Waals surface area contributed by atoms with Gasteiger partial charge < -0.3 is 10.2 Å². The van der Waals surface area contributed by atoms with Crippen molar-refractivity contribution < 1.29 is 4.79 Å². The molecular formula is C26H27N3O. The van der Waals surface area contributed by atoms with E-state index in [4.69, 9.17) is 0 Å². The largest absolute Gasteiger partial charge is 0.347 e. The van der Waals surface area contributed by atoms with Crippen molar-refractivity contribution in [3.8, 4) is 6.07 Å². The van der Waals surface area contributed by atoms with Gasteiger partial charge in [0.05, 0.1) is 0 Å². The maximum absolute atomic E-state index is 12.4. The molecule has 0 radical (unpaired) electrons. The number of rotatable bonds is 8. The number of nitrogens with zero attached hydrogens (tertiary/aromatic N) is 2. The van der Waals surface area contributed by atoms with Gasteiger partial charge in [-0.25, -0.2) is 0 Å². The first-order chi connectivity index (χ1) is 14.7. The van der Waals surface area contributed by atoms with Crippen molar-refractivity contribution in [1.29, 1.82) is 5.26 Å². The molecule has 0 spiro atoms. The number of para-hydroxylation sites is 2. The van der Waals surface area contributed by atoms with E-state index in [0.29, 0.717) is 5.69 Å². The lowest BCUT2D eigenvalue weighted by molar-refractivity contribution is -0.112. The Morgan fingerprint density at radius 1 is 1.07 bits per heavy atom. The zero-order valence-electron chi connectivity index (χ0n) is 17.3. The van der Waals surface area contributed by atoms with Gasteiger partial charge in [-0.2, -0.15) is 5.26 Å². The smallest absolute Gasteiger partial charge is 0.266 e. The lowest BCUT2D eigenvalue weighted by atomic mass is 9.98. The minimum absolute atomic E-state index is 0.0687. The number of hydrogen-bond acceptors (Lipinski definition) is 3. The molecule has 2 aromatic rings. The van der Waals surface area contributed by atoms with Crippen molar-refractivity contribution in [2.45, 2.75) is 32.6 Å². The van der Waals surface area contributed by atoms with E-state index in [0.717, 1.165) is 29.8 Å². The van der Waals surface area contributed by atoms with Crippen LogP contribution in [-0.2, 0) is 4.79 Å². The van der Waals surface area contributed by atoms with E-state index in [1.165, 1.54) is 19.3 Å². The fourth-order valence-corrected chi connectivity index (χ4v) is 3.41. The number of hydrogen-bond donors (Lipinski definition) is 1. The number of carbonyl (C=O) groups is 1. The molecule has 1 aliphatic heterocycles. The lowest BCUT2D eigenvalue weighted by Crippen LogP contribution is -2.21. The molecule has 0 aromatic heterocycles. The third kappa shape index (κ3) is 5.48. The summed E-state index contributed by atoms with van der Waals surface area (Å²) in [4.78, 5) is 14.7. The quantitative estimate of drug-likeness (QED) is 0.334. The van der Waals surface area contributed by atoms with E-state index in [1.807, 2.05) is 48.6 Å². The number of anilines is 2. The van der Waals surface area contributed by atoms with Gasteiger partial charge in [0.2, 0.25) is 0 Å². The van der Waals surface area contributed by atoms with E-state index in [2.05, 4.69) is 35.5 Å². The van der Waals surface area contributed by atoms with Gasteiger partial charge in [0.15, 0.2) is 0 Å². The van der Waals surface area contributed by atoms with E-state index < -0.39 is 5.91 Å². The predicted octanol–water partition coefficient (Wildman–Crippen LogP) is 6.07. The van der Waals surface area contributed by atoms with Crippen molar-refractivity contribution in [2.24, 2.45) is 0 Å². The van der Waals surface area contributed by atoms with E-state index >= 15 is 0 Å². The zero-order chi connectivity index (χ0) is 21.2. The summed E-state index contributed by atoms with van der Waals surface area (Å²) in [5.41, 5.74) is 3.98. The molecule has 30 heavy (non-hydrogen) atoms. The Morgan fingerprint density at radius 2 is 1.83 bits per heavy atom. The first kappa shape index (κ1) is 21.1. The fourth-order valence-electron chi connectivity index (χ4n) is 3.41. The molecular weight excluding hydrogens is 370 g/mol. The molecule has 0 saturated carbocycles. The molecule has 0 bridgehead atoms. The van der Waals surface area contributed by atoms with Crippen LogP contribution in [0.3, 0.4) is 0 Å². The third-order valence-corrected chi connectivity index (χ3v) is 5.04. The van der Waals surface area contributed by atoms with Crippen molar-refractivity contribution in [3.63, 3.8) is 0 Å². The van der Waals surface area contributed by atoms with Crippen LogP contribution in [0.15, 0.2) is 84.6 Å². The summed E-state index contributed by atoms with van der Waals surface area (Å²) in [6.45, 7) is 3.20. The Morgan fingerprint density at radius 3 is 2.60 bits per heavy atom. The number of nitriles is 1. The normalized spacial score (nSPS) is 14.3. The van der Waals surface area contributed by atoms with Crippen LogP contribution in [0.25, 0.3) is 5.57 Å². The number of nitrogens with one attached hydrogen (secondary N) is 1. The fraction of sp³-hybridized carbons (Fsp3) is 0.231. The van der Waals surface area contributed by atoms with Crippen LogP contribution in [-0.4, -0.2) is 12.5 Å². The number of allylic oxidation sites excluding steroid dienone is 4. The number of fused-ring (bicyclic) bond motifs is 1. The first-order valence-electron chi connectivity index (χ1n) is 10.5. The molecule has 2 aromatic carbocycles. The molecule has 0 unspecified atom stereocenters. The summed E-state index contributed by atoms with van der Waals surface area (Å²) in [5, 5.41) is 12.2. The Kier molecular flexibility index (Phi) is 7.63. The molecule has 4 nitrogen and oxygen atoms in total. The van der Waals surface area contributed by atoms with Crippen molar-refractivity contribution in [3.05, 3.63) is 90.2 Å². The highest BCUT2D eigenvalue weighted by atomic mass is 16.1. The summed E-state index contributed by atoms with van der Waals surface area (Å²) < 4.78 is 0. The Labute approximate surface area is 178 Å². The Hall–Kier alpha value is -3.58.